The zero-order valence-corrected chi connectivity index (χ0v) is 12.6. The van der Waals surface area contributed by atoms with Crippen molar-refractivity contribution in [1.82, 2.24) is 15.3 Å². The molecule has 1 fully saturated rings. The highest BCUT2D eigenvalue weighted by Crippen LogP contribution is 2.29. The smallest absolute Gasteiger partial charge is 0.221 e. The normalized spacial score (nSPS) is 18.6. The second-order valence-corrected chi connectivity index (χ2v) is 5.02. The first-order valence-electron chi connectivity index (χ1n) is 7.09. The molecule has 1 N–H and O–H groups in total. The molecule has 6 heteroatoms. The summed E-state index contributed by atoms with van der Waals surface area (Å²) in [5.41, 5.74) is 1.01. The number of nitrogens with one attached hydrogen (secondary N) is 1. The number of methoxy groups -OCH3 is 2. The molecule has 0 aromatic carbocycles. The molecule has 0 amide bonds. The Hall–Kier alpha value is -1.40. The number of rotatable bonds is 7. The molecule has 0 spiro atoms. The Kier molecular flexibility index (Phi) is 5.55. The van der Waals surface area contributed by atoms with Crippen LogP contribution in [0.5, 0.6) is 5.88 Å². The molecule has 1 aromatic heterocycles. The van der Waals surface area contributed by atoms with Crippen molar-refractivity contribution in [2.45, 2.75) is 25.8 Å². The number of hydrogen-bond donors (Lipinski definition) is 1. The molecule has 0 saturated carbocycles. The van der Waals surface area contributed by atoms with E-state index in [4.69, 9.17) is 9.47 Å². The van der Waals surface area contributed by atoms with Gasteiger partial charge in [0.25, 0.3) is 0 Å². The molecule has 1 aliphatic rings. The zero-order valence-electron chi connectivity index (χ0n) is 12.6. The van der Waals surface area contributed by atoms with Crippen LogP contribution < -0.4 is 15.0 Å². The molecule has 1 aromatic rings. The van der Waals surface area contributed by atoms with E-state index in [0.29, 0.717) is 11.9 Å². The van der Waals surface area contributed by atoms with Gasteiger partial charge in [-0.05, 0) is 19.8 Å². The van der Waals surface area contributed by atoms with E-state index in [1.807, 2.05) is 6.92 Å². The molecule has 6 nitrogen and oxygen atoms in total. The average Bonchev–Trinajstić information content (AvgIpc) is 2.92. The zero-order chi connectivity index (χ0) is 14.4. The largest absolute Gasteiger partial charge is 0.481 e. The summed E-state index contributed by atoms with van der Waals surface area (Å²) in [6, 6.07) is 0.477. The molecule has 1 atom stereocenters. The summed E-state index contributed by atoms with van der Waals surface area (Å²) >= 11 is 0. The molecule has 1 saturated heterocycles. The highest BCUT2D eigenvalue weighted by Gasteiger charge is 2.27. The molecule has 2 heterocycles. The summed E-state index contributed by atoms with van der Waals surface area (Å²) in [6.07, 6.45) is 3.96. The topological polar surface area (TPSA) is 59.5 Å². The van der Waals surface area contributed by atoms with Crippen LogP contribution in [0.3, 0.4) is 0 Å². The Morgan fingerprint density at radius 2 is 2.25 bits per heavy atom. The minimum absolute atomic E-state index is 0.477. The van der Waals surface area contributed by atoms with Gasteiger partial charge in [0.15, 0.2) is 0 Å². The average molecular weight is 280 g/mol. The van der Waals surface area contributed by atoms with Crippen molar-refractivity contribution in [3.8, 4) is 5.88 Å². The van der Waals surface area contributed by atoms with Crippen LogP contribution in [0.1, 0.15) is 18.4 Å². The fraction of sp³-hybridized carbons (Fsp3) is 0.714. The van der Waals surface area contributed by atoms with Crippen molar-refractivity contribution in [3.05, 3.63) is 11.9 Å². The van der Waals surface area contributed by atoms with Crippen LogP contribution in [-0.4, -0.2) is 56.5 Å². The van der Waals surface area contributed by atoms with E-state index in [0.717, 1.165) is 37.6 Å². The molecule has 1 unspecified atom stereocenters. The summed E-state index contributed by atoms with van der Waals surface area (Å²) in [7, 11) is 3.37. The van der Waals surface area contributed by atoms with Gasteiger partial charge in [-0.15, -0.1) is 0 Å². The molecule has 0 radical (unpaired) electrons. The van der Waals surface area contributed by atoms with E-state index in [-0.39, 0.29) is 0 Å². The number of anilines is 1. The number of ether oxygens (including phenoxy) is 2. The Labute approximate surface area is 120 Å². The maximum atomic E-state index is 5.28. The standard InChI is InChI=1S/C14H24N4O2/c1-11-13(16-10-17-14(11)20-3)18-7-4-5-12(18)9-15-6-8-19-2/h10,12,15H,4-9H2,1-3H3. The molecule has 2 rings (SSSR count). The molecule has 1 aliphatic heterocycles. The van der Waals surface area contributed by atoms with Crippen molar-refractivity contribution < 1.29 is 9.47 Å². The van der Waals surface area contributed by atoms with Gasteiger partial charge in [-0.2, -0.15) is 0 Å². The minimum Gasteiger partial charge on any atom is -0.481 e. The van der Waals surface area contributed by atoms with Crippen LogP contribution in [0, 0.1) is 6.92 Å². The number of hydrogen-bond acceptors (Lipinski definition) is 6. The number of aromatic nitrogens is 2. The molecule has 0 bridgehead atoms. The Balaban J connectivity index is 2.03. The number of nitrogens with zero attached hydrogens (tertiary/aromatic N) is 3. The second kappa shape index (κ2) is 7.40. The lowest BCUT2D eigenvalue weighted by molar-refractivity contribution is 0.199. The SMILES string of the molecule is COCCNCC1CCCN1c1ncnc(OC)c1C. The first-order chi connectivity index (χ1) is 9.77. The quantitative estimate of drug-likeness (QED) is 0.752. The predicted octanol–water partition coefficient (Wildman–Crippen LogP) is 0.998. The summed E-state index contributed by atoms with van der Waals surface area (Å²) in [6.45, 7) is 5.63. The maximum absolute atomic E-state index is 5.28. The van der Waals surface area contributed by atoms with Crippen molar-refractivity contribution in [2.75, 3.05) is 45.4 Å². The van der Waals surface area contributed by atoms with E-state index < -0.39 is 0 Å². The first-order valence-corrected chi connectivity index (χ1v) is 7.09. The van der Waals surface area contributed by atoms with Crippen molar-refractivity contribution in [1.29, 1.82) is 0 Å². The highest BCUT2D eigenvalue weighted by atomic mass is 16.5. The van der Waals surface area contributed by atoms with Gasteiger partial charge in [-0.3, -0.25) is 0 Å². The Morgan fingerprint density at radius 3 is 3.00 bits per heavy atom. The van der Waals surface area contributed by atoms with Crippen LogP contribution in [0.15, 0.2) is 6.33 Å². The van der Waals surface area contributed by atoms with Gasteiger partial charge in [0, 0.05) is 32.8 Å². The van der Waals surface area contributed by atoms with Crippen LogP contribution in [0.4, 0.5) is 5.82 Å². The Bertz CT molecular complexity index is 428. The van der Waals surface area contributed by atoms with Crippen LogP contribution >= 0.6 is 0 Å². The van der Waals surface area contributed by atoms with Gasteiger partial charge in [-0.25, -0.2) is 9.97 Å². The third-order valence-corrected chi connectivity index (χ3v) is 3.72. The van der Waals surface area contributed by atoms with Gasteiger partial charge >= 0.3 is 0 Å². The fourth-order valence-corrected chi connectivity index (χ4v) is 2.69. The van der Waals surface area contributed by atoms with E-state index >= 15 is 0 Å². The predicted molar refractivity (Wildman–Crippen MR) is 78.4 cm³/mol. The van der Waals surface area contributed by atoms with E-state index in [2.05, 4.69) is 20.2 Å². The maximum Gasteiger partial charge on any atom is 0.221 e. The van der Waals surface area contributed by atoms with E-state index in [1.54, 1.807) is 20.5 Å². The first kappa shape index (κ1) is 15.0. The van der Waals surface area contributed by atoms with Gasteiger partial charge < -0.3 is 19.7 Å². The highest BCUT2D eigenvalue weighted by molar-refractivity contribution is 5.51. The second-order valence-electron chi connectivity index (χ2n) is 5.02. The molecule has 112 valence electrons. The minimum atomic E-state index is 0.477. The third-order valence-electron chi connectivity index (χ3n) is 3.72. The summed E-state index contributed by atoms with van der Waals surface area (Å²) in [5, 5.41) is 3.43. The molecular formula is C14H24N4O2. The summed E-state index contributed by atoms with van der Waals surface area (Å²) in [4.78, 5) is 11.0. The third kappa shape index (κ3) is 3.37. The van der Waals surface area contributed by atoms with Gasteiger partial charge in [0.2, 0.25) is 5.88 Å². The molecular weight excluding hydrogens is 256 g/mol. The van der Waals surface area contributed by atoms with Gasteiger partial charge in [-0.1, -0.05) is 0 Å². The summed E-state index contributed by atoms with van der Waals surface area (Å²) < 4.78 is 10.3. The van der Waals surface area contributed by atoms with Crippen molar-refractivity contribution in [3.63, 3.8) is 0 Å². The van der Waals surface area contributed by atoms with Gasteiger partial charge in [0.1, 0.15) is 12.1 Å². The lowest BCUT2D eigenvalue weighted by Gasteiger charge is -2.27. The summed E-state index contributed by atoms with van der Waals surface area (Å²) in [5.74, 6) is 1.65. The van der Waals surface area contributed by atoms with Crippen molar-refractivity contribution in [2.24, 2.45) is 0 Å². The Morgan fingerprint density at radius 1 is 1.40 bits per heavy atom. The monoisotopic (exact) mass is 280 g/mol. The van der Waals surface area contributed by atoms with Crippen LogP contribution in [0.25, 0.3) is 0 Å². The fourth-order valence-electron chi connectivity index (χ4n) is 2.69. The van der Waals surface area contributed by atoms with E-state index in [1.165, 1.54) is 12.8 Å². The lowest BCUT2D eigenvalue weighted by atomic mass is 10.2. The van der Waals surface area contributed by atoms with Gasteiger partial charge in [0.05, 0.1) is 19.3 Å². The van der Waals surface area contributed by atoms with Crippen molar-refractivity contribution >= 4 is 5.82 Å². The lowest BCUT2D eigenvalue weighted by Crippen LogP contribution is -2.39. The molecule has 20 heavy (non-hydrogen) atoms. The van der Waals surface area contributed by atoms with E-state index in [9.17, 15) is 0 Å². The molecule has 0 aliphatic carbocycles. The van der Waals surface area contributed by atoms with Crippen LogP contribution in [-0.2, 0) is 4.74 Å². The van der Waals surface area contributed by atoms with Crippen LogP contribution in [0.2, 0.25) is 0 Å².